The number of aliphatic carboxylic acids is 1. The molecule has 0 bridgehead atoms. The Labute approximate surface area is 216 Å². The maximum Gasteiger partial charge on any atom is 0.329 e. The van der Waals surface area contributed by atoms with Crippen molar-refractivity contribution in [2.75, 3.05) is 19.8 Å². The molecule has 2 aromatic carbocycles. The number of rotatable bonds is 12. The summed E-state index contributed by atoms with van der Waals surface area (Å²) in [6.07, 6.45) is 6.02. The summed E-state index contributed by atoms with van der Waals surface area (Å²) in [7, 11) is 0. The number of aliphatic hydroxyl groups excluding tert-OH is 2. The zero-order valence-corrected chi connectivity index (χ0v) is 20.9. The van der Waals surface area contributed by atoms with Crippen LogP contribution in [0.5, 0.6) is 0 Å². The minimum Gasteiger partial charge on any atom is -0.480 e. The molecule has 1 saturated carbocycles. The summed E-state index contributed by atoms with van der Waals surface area (Å²) in [5, 5.41) is 32.5. The van der Waals surface area contributed by atoms with Gasteiger partial charge in [0.25, 0.3) is 0 Å². The third kappa shape index (κ3) is 7.71. The predicted molar refractivity (Wildman–Crippen MR) is 138 cm³/mol. The summed E-state index contributed by atoms with van der Waals surface area (Å²) in [4.78, 5) is 10.7. The van der Waals surface area contributed by atoms with Gasteiger partial charge in [-0.1, -0.05) is 36.4 Å². The van der Waals surface area contributed by atoms with Crippen LogP contribution in [0.25, 0.3) is 22.4 Å². The van der Waals surface area contributed by atoms with E-state index in [-0.39, 0.29) is 19.0 Å². The number of aromatic nitrogens is 2. The Bertz CT molecular complexity index is 1160. The Kier molecular flexibility index (Phi) is 9.44. The van der Waals surface area contributed by atoms with Gasteiger partial charge in [-0.15, -0.1) is 0 Å². The first-order valence-corrected chi connectivity index (χ1v) is 12.9. The number of carboxylic acids is 1. The van der Waals surface area contributed by atoms with Gasteiger partial charge < -0.3 is 20.1 Å². The van der Waals surface area contributed by atoms with Crippen LogP contribution in [0.3, 0.4) is 0 Å². The molecule has 3 aromatic rings. The SMILES string of the molecule is O=C(O)COCC1CCC(Cn2cc(-c3cc(F)cc(CC[C@H](O)CO)c3)c(-c3ccccc3)n2)CC1. The summed E-state index contributed by atoms with van der Waals surface area (Å²) in [6, 6.07) is 14.8. The lowest BCUT2D eigenvalue weighted by Crippen LogP contribution is -2.23. The molecule has 1 aromatic heterocycles. The Morgan fingerprint density at radius 3 is 2.51 bits per heavy atom. The molecule has 198 valence electrons. The third-order valence-electron chi connectivity index (χ3n) is 7.05. The highest BCUT2D eigenvalue weighted by Gasteiger charge is 2.23. The minimum atomic E-state index is -0.939. The van der Waals surface area contributed by atoms with Crippen molar-refractivity contribution in [3.8, 4) is 22.4 Å². The molecule has 1 heterocycles. The molecule has 0 radical (unpaired) electrons. The summed E-state index contributed by atoms with van der Waals surface area (Å²) < 4.78 is 21.9. The van der Waals surface area contributed by atoms with Crippen molar-refractivity contribution < 1.29 is 29.2 Å². The molecule has 37 heavy (non-hydrogen) atoms. The Balaban J connectivity index is 1.51. The first kappa shape index (κ1) is 27.0. The van der Waals surface area contributed by atoms with E-state index < -0.39 is 12.1 Å². The van der Waals surface area contributed by atoms with Gasteiger partial charge in [-0.25, -0.2) is 9.18 Å². The minimum absolute atomic E-state index is 0.248. The maximum absolute atomic E-state index is 14.6. The zero-order chi connectivity index (χ0) is 26.2. The molecule has 4 rings (SSSR count). The van der Waals surface area contributed by atoms with Crippen molar-refractivity contribution in [2.24, 2.45) is 11.8 Å². The standard InChI is InChI=1S/C29H35FN2O5/c30-25-13-22(10-11-26(34)17-33)12-24(14-25)27-16-32(31-29(27)23-4-2-1-3-5-23)15-20-6-8-21(9-7-20)18-37-19-28(35)36/h1-5,12-14,16,20-21,26,33-34H,6-11,15,17-19H2,(H,35,36)/t20?,21?,26-/m0/s1. The first-order valence-electron chi connectivity index (χ1n) is 12.9. The lowest BCUT2D eigenvalue weighted by molar-refractivity contribution is -0.142. The summed E-state index contributed by atoms with van der Waals surface area (Å²) in [5.74, 6) is -0.444. The van der Waals surface area contributed by atoms with Crippen LogP contribution >= 0.6 is 0 Å². The van der Waals surface area contributed by atoms with Crippen LogP contribution in [-0.2, 0) is 22.5 Å². The van der Waals surface area contributed by atoms with Crippen molar-refractivity contribution in [3.63, 3.8) is 0 Å². The van der Waals surface area contributed by atoms with Gasteiger partial charge in [0.1, 0.15) is 18.1 Å². The van der Waals surface area contributed by atoms with Gasteiger partial charge in [-0.3, -0.25) is 4.68 Å². The molecule has 1 atom stereocenters. The number of nitrogens with zero attached hydrogens (tertiary/aromatic N) is 2. The Hall–Kier alpha value is -3.07. The number of ether oxygens (including phenoxy) is 1. The molecular weight excluding hydrogens is 475 g/mol. The topological polar surface area (TPSA) is 105 Å². The maximum atomic E-state index is 14.6. The summed E-state index contributed by atoms with van der Waals surface area (Å²) in [5.41, 5.74) is 4.10. The normalized spacial score (nSPS) is 18.6. The number of halogens is 1. The van der Waals surface area contributed by atoms with E-state index in [1.165, 1.54) is 12.1 Å². The highest BCUT2D eigenvalue weighted by atomic mass is 19.1. The fraction of sp³-hybridized carbons (Fsp3) is 0.448. The van der Waals surface area contributed by atoms with Gasteiger partial charge in [0, 0.05) is 23.9 Å². The van der Waals surface area contributed by atoms with Crippen molar-refractivity contribution in [1.82, 2.24) is 9.78 Å². The number of benzene rings is 2. The third-order valence-corrected chi connectivity index (χ3v) is 7.05. The first-order chi connectivity index (χ1) is 17.9. The van der Waals surface area contributed by atoms with Crippen LogP contribution in [0.1, 0.15) is 37.7 Å². The van der Waals surface area contributed by atoms with Crippen LogP contribution in [0.4, 0.5) is 4.39 Å². The molecule has 7 nitrogen and oxygen atoms in total. The van der Waals surface area contributed by atoms with Gasteiger partial charge in [0.05, 0.1) is 19.3 Å². The lowest BCUT2D eigenvalue weighted by atomic mass is 9.82. The molecule has 0 spiro atoms. The van der Waals surface area contributed by atoms with Crippen LogP contribution in [-0.4, -0.2) is 57.0 Å². The van der Waals surface area contributed by atoms with Crippen molar-refractivity contribution >= 4 is 5.97 Å². The van der Waals surface area contributed by atoms with Crippen LogP contribution in [0.2, 0.25) is 0 Å². The van der Waals surface area contributed by atoms with Crippen LogP contribution in [0.15, 0.2) is 54.7 Å². The second-order valence-corrected chi connectivity index (χ2v) is 10.00. The number of hydrogen-bond acceptors (Lipinski definition) is 5. The number of hydrogen-bond donors (Lipinski definition) is 3. The summed E-state index contributed by atoms with van der Waals surface area (Å²) in [6.45, 7) is 0.681. The molecule has 0 aliphatic heterocycles. The second kappa shape index (κ2) is 12.9. The van der Waals surface area contributed by atoms with Crippen LogP contribution in [0, 0.1) is 17.7 Å². The second-order valence-electron chi connectivity index (χ2n) is 10.00. The fourth-order valence-electron chi connectivity index (χ4n) is 5.07. The Morgan fingerprint density at radius 1 is 1.08 bits per heavy atom. The van der Waals surface area contributed by atoms with Crippen molar-refractivity contribution in [2.45, 2.75) is 51.2 Å². The quantitative estimate of drug-likeness (QED) is 0.330. The van der Waals surface area contributed by atoms with E-state index in [2.05, 4.69) is 0 Å². The molecule has 1 aliphatic rings. The predicted octanol–water partition coefficient (Wildman–Crippen LogP) is 4.55. The molecule has 1 fully saturated rings. The zero-order valence-electron chi connectivity index (χ0n) is 20.9. The van der Waals surface area contributed by atoms with E-state index >= 15 is 0 Å². The van der Waals surface area contributed by atoms with Crippen molar-refractivity contribution in [3.05, 3.63) is 66.1 Å². The van der Waals surface area contributed by atoms with Gasteiger partial charge >= 0.3 is 5.97 Å². The molecular formula is C29H35FN2O5. The monoisotopic (exact) mass is 510 g/mol. The van der Waals surface area contributed by atoms with Crippen LogP contribution < -0.4 is 0 Å². The molecule has 8 heteroatoms. The van der Waals surface area contributed by atoms with E-state index in [0.717, 1.165) is 60.2 Å². The van der Waals surface area contributed by atoms with E-state index in [9.17, 15) is 14.3 Å². The van der Waals surface area contributed by atoms with E-state index in [4.69, 9.17) is 20.0 Å². The smallest absolute Gasteiger partial charge is 0.329 e. The molecule has 1 aliphatic carbocycles. The molecule has 0 amide bonds. The highest BCUT2D eigenvalue weighted by molar-refractivity contribution is 5.80. The van der Waals surface area contributed by atoms with Gasteiger partial charge in [0.2, 0.25) is 0 Å². The number of carbonyl (C=O) groups is 1. The average molecular weight is 511 g/mol. The lowest BCUT2D eigenvalue weighted by Gasteiger charge is -2.28. The highest BCUT2D eigenvalue weighted by Crippen LogP contribution is 2.34. The van der Waals surface area contributed by atoms with E-state index in [0.29, 0.717) is 31.3 Å². The van der Waals surface area contributed by atoms with Gasteiger partial charge in [-0.2, -0.15) is 5.10 Å². The van der Waals surface area contributed by atoms with E-state index in [1.807, 2.05) is 47.3 Å². The van der Waals surface area contributed by atoms with Gasteiger partial charge in [0.15, 0.2) is 0 Å². The summed E-state index contributed by atoms with van der Waals surface area (Å²) >= 11 is 0. The number of aryl methyl sites for hydroxylation is 1. The van der Waals surface area contributed by atoms with Crippen molar-refractivity contribution in [1.29, 1.82) is 0 Å². The molecule has 0 unspecified atom stereocenters. The van der Waals surface area contributed by atoms with E-state index in [1.54, 1.807) is 0 Å². The molecule has 3 N–H and O–H groups in total. The molecule has 0 saturated heterocycles. The largest absolute Gasteiger partial charge is 0.480 e. The number of carboxylic acid groups (broad SMARTS) is 1. The Morgan fingerprint density at radius 2 is 1.81 bits per heavy atom. The van der Waals surface area contributed by atoms with Gasteiger partial charge in [-0.05, 0) is 73.6 Å². The number of aliphatic hydroxyl groups is 2. The fourth-order valence-corrected chi connectivity index (χ4v) is 5.07. The average Bonchev–Trinajstić information content (AvgIpc) is 3.32.